The van der Waals surface area contributed by atoms with Crippen LogP contribution in [0.3, 0.4) is 0 Å². The Labute approximate surface area is 175 Å². The number of benzene rings is 1. The van der Waals surface area contributed by atoms with Gasteiger partial charge < -0.3 is 19.3 Å². The first kappa shape index (κ1) is 22.4. The molecule has 2 aliphatic heterocycles. The van der Waals surface area contributed by atoms with Gasteiger partial charge in [0.2, 0.25) is 5.91 Å². The van der Waals surface area contributed by atoms with Crippen molar-refractivity contribution in [2.75, 3.05) is 31.1 Å². The van der Waals surface area contributed by atoms with Gasteiger partial charge in [0.05, 0.1) is 6.04 Å². The molecule has 5 nitrogen and oxygen atoms in total. The van der Waals surface area contributed by atoms with Gasteiger partial charge in [-0.05, 0) is 42.0 Å². The number of hydrogen-bond donors (Lipinski definition) is 0. The standard InChI is InChI=1S/C22H29F3N2O3/c1-21(2,3)10-20(29)26-11-15-8-9-27(19(13-28)18(15)12-26)16-4-6-17(7-5-16)30-14-22(23,24)25/h4-7,13,15,18-19H,8-12,14H2,1-3H3. The van der Waals surface area contributed by atoms with Crippen LogP contribution in [0.4, 0.5) is 18.9 Å². The van der Waals surface area contributed by atoms with Gasteiger partial charge in [0.25, 0.3) is 0 Å². The van der Waals surface area contributed by atoms with Crippen LogP contribution in [0.1, 0.15) is 33.6 Å². The number of aldehydes is 1. The topological polar surface area (TPSA) is 49.9 Å². The van der Waals surface area contributed by atoms with E-state index < -0.39 is 12.8 Å². The second kappa shape index (κ2) is 8.47. The molecule has 0 saturated carbocycles. The number of likely N-dealkylation sites (tertiary alicyclic amines) is 1. The second-order valence-electron chi connectivity index (χ2n) is 9.47. The first-order valence-electron chi connectivity index (χ1n) is 10.3. The highest BCUT2D eigenvalue weighted by Crippen LogP contribution is 2.38. The Morgan fingerprint density at radius 3 is 2.40 bits per heavy atom. The van der Waals surface area contributed by atoms with Crippen LogP contribution in [0.5, 0.6) is 5.75 Å². The summed E-state index contributed by atoms with van der Waals surface area (Å²) in [5, 5.41) is 0. The van der Waals surface area contributed by atoms with Crippen molar-refractivity contribution in [1.29, 1.82) is 0 Å². The maximum Gasteiger partial charge on any atom is 0.422 e. The number of alkyl halides is 3. The number of ether oxygens (including phenoxy) is 1. The molecule has 1 aromatic carbocycles. The van der Waals surface area contributed by atoms with E-state index in [0.717, 1.165) is 18.4 Å². The lowest BCUT2D eigenvalue weighted by Gasteiger charge is -2.41. The first-order chi connectivity index (χ1) is 14.0. The zero-order valence-electron chi connectivity index (χ0n) is 17.6. The van der Waals surface area contributed by atoms with Gasteiger partial charge in [0, 0.05) is 37.7 Å². The third-order valence-electron chi connectivity index (χ3n) is 5.78. The number of nitrogens with zero attached hydrogens (tertiary/aromatic N) is 2. The Balaban J connectivity index is 1.67. The lowest BCUT2D eigenvalue weighted by Crippen LogP contribution is -2.50. The van der Waals surface area contributed by atoms with Crippen LogP contribution in [0.25, 0.3) is 0 Å². The largest absolute Gasteiger partial charge is 0.484 e. The molecular weight excluding hydrogens is 397 g/mol. The van der Waals surface area contributed by atoms with E-state index in [2.05, 4.69) is 0 Å². The number of carbonyl (C=O) groups excluding carboxylic acids is 2. The number of anilines is 1. The molecule has 2 aliphatic rings. The number of fused-ring (bicyclic) bond motifs is 1. The van der Waals surface area contributed by atoms with Crippen molar-refractivity contribution in [1.82, 2.24) is 4.90 Å². The normalized spacial score (nSPS) is 24.5. The molecule has 1 amide bonds. The Bertz CT molecular complexity index is 758. The quantitative estimate of drug-likeness (QED) is 0.670. The molecule has 0 aliphatic carbocycles. The fraction of sp³-hybridized carbons (Fsp3) is 0.636. The number of halogens is 3. The van der Waals surface area contributed by atoms with Crippen molar-refractivity contribution in [3.8, 4) is 5.75 Å². The smallest absolute Gasteiger partial charge is 0.422 e. The van der Waals surface area contributed by atoms with E-state index in [1.165, 1.54) is 12.1 Å². The molecule has 2 heterocycles. The Kier molecular flexibility index (Phi) is 6.34. The minimum atomic E-state index is -4.39. The average Bonchev–Trinajstić information content (AvgIpc) is 3.08. The predicted molar refractivity (Wildman–Crippen MR) is 107 cm³/mol. The Hall–Kier alpha value is -2.25. The van der Waals surface area contributed by atoms with Crippen LogP contribution in [0.15, 0.2) is 24.3 Å². The average molecular weight is 426 g/mol. The summed E-state index contributed by atoms with van der Waals surface area (Å²) in [6.07, 6.45) is -2.12. The number of hydrogen-bond acceptors (Lipinski definition) is 4. The van der Waals surface area contributed by atoms with E-state index in [9.17, 15) is 22.8 Å². The third kappa shape index (κ3) is 5.46. The number of carbonyl (C=O) groups is 2. The SMILES string of the molecule is CC(C)(C)CC(=O)N1CC2CCN(c3ccc(OCC(F)(F)F)cc3)C(C=O)C2C1. The summed E-state index contributed by atoms with van der Waals surface area (Å²) in [7, 11) is 0. The fourth-order valence-corrected chi connectivity index (χ4v) is 4.42. The van der Waals surface area contributed by atoms with Crippen LogP contribution in [0, 0.1) is 17.3 Å². The third-order valence-corrected chi connectivity index (χ3v) is 5.78. The van der Waals surface area contributed by atoms with Crippen molar-refractivity contribution in [3.05, 3.63) is 24.3 Å². The lowest BCUT2D eigenvalue weighted by atomic mass is 9.82. The second-order valence-corrected chi connectivity index (χ2v) is 9.47. The molecule has 2 saturated heterocycles. The minimum Gasteiger partial charge on any atom is -0.484 e. The van der Waals surface area contributed by atoms with E-state index in [-0.39, 0.29) is 34.9 Å². The molecule has 3 atom stereocenters. The van der Waals surface area contributed by atoms with Crippen LogP contribution in [-0.4, -0.2) is 55.6 Å². The zero-order valence-corrected chi connectivity index (χ0v) is 17.6. The molecule has 8 heteroatoms. The molecule has 0 N–H and O–H groups in total. The van der Waals surface area contributed by atoms with E-state index in [1.807, 2.05) is 30.6 Å². The van der Waals surface area contributed by atoms with E-state index in [0.29, 0.717) is 26.1 Å². The van der Waals surface area contributed by atoms with Crippen LogP contribution in [-0.2, 0) is 9.59 Å². The summed E-state index contributed by atoms with van der Waals surface area (Å²) in [6.45, 7) is 6.67. The molecule has 0 bridgehead atoms. The van der Waals surface area contributed by atoms with Crippen LogP contribution >= 0.6 is 0 Å². The molecule has 1 aromatic rings. The van der Waals surface area contributed by atoms with E-state index in [4.69, 9.17) is 4.74 Å². The highest BCUT2D eigenvalue weighted by molar-refractivity contribution is 5.77. The van der Waals surface area contributed by atoms with Crippen molar-refractivity contribution in [2.45, 2.75) is 45.8 Å². The van der Waals surface area contributed by atoms with Crippen molar-refractivity contribution in [2.24, 2.45) is 17.3 Å². The van der Waals surface area contributed by atoms with Gasteiger partial charge in [-0.2, -0.15) is 13.2 Å². The molecule has 0 aromatic heterocycles. The summed E-state index contributed by atoms with van der Waals surface area (Å²) in [6, 6.07) is 5.98. The number of piperidine rings is 1. The monoisotopic (exact) mass is 426 g/mol. The molecule has 0 radical (unpaired) electrons. The molecule has 0 spiro atoms. The molecule has 30 heavy (non-hydrogen) atoms. The van der Waals surface area contributed by atoms with Gasteiger partial charge in [-0.3, -0.25) is 4.79 Å². The highest BCUT2D eigenvalue weighted by Gasteiger charge is 2.45. The Morgan fingerprint density at radius 1 is 1.17 bits per heavy atom. The summed E-state index contributed by atoms with van der Waals surface area (Å²) in [5.41, 5.74) is 0.682. The van der Waals surface area contributed by atoms with E-state index >= 15 is 0 Å². The van der Waals surface area contributed by atoms with Crippen molar-refractivity contribution < 1.29 is 27.5 Å². The summed E-state index contributed by atoms with van der Waals surface area (Å²) >= 11 is 0. The van der Waals surface area contributed by atoms with Gasteiger partial charge in [0.15, 0.2) is 6.61 Å². The number of amides is 1. The highest BCUT2D eigenvalue weighted by atomic mass is 19.4. The molecule has 3 unspecified atom stereocenters. The maximum atomic E-state index is 12.7. The van der Waals surface area contributed by atoms with E-state index in [1.54, 1.807) is 12.1 Å². The summed E-state index contributed by atoms with van der Waals surface area (Å²) in [4.78, 5) is 28.5. The van der Waals surface area contributed by atoms with Crippen molar-refractivity contribution in [3.63, 3.8) is 0 Å². The molecular formula is C22H29F3N2O3. The van der Waals surface area contributed by atoms with Crippen molar-refractivity contribution >= 4 is 17.9 Å². The summed E-state index contributed by atoms with van der Waals surface area (Å²) < 4.78 is 41.7. The summed E-state index contributed by atoms with van der Waals surface area (Å²) in [5.74, 6) is 0.601. The molecule has 3 rings (SSSR count). The number of rotatable bonds is 5. The Morgan fingerprint density at radius 2 is 1.83 bits per heavy atom. The minimum absolute atomic E-state index is 0.0568. The van der Waals surface area contributed by atoms with Crippen LogP contribution in [0.2, 0.25) is 0 Å². The zero-order chi connectivity index (χ0) is 22.1. The van der Waals surface area contributed by atoms with Gasteiger partial charge in [-0.15, -0.1) is 0 Å². The van der Waals surface area contributed by atoms with Gasteiger partial charge in [-0.1, -0.05) is 20.8 Å². The fourth-order valence-electron chi connectivity index (χ4n) is 4.42. The lowest BCUT2D eigenvalue weighted by molar-refractivity contribution is -0.153. The molecule has 166 valence electrons. The maximum absolute atomic E-state index is 12.7. The first-order valence-corrected chi connectivity index (χ1v) is 10.3. The predicted octanol–water partition coefficient (Wildman–Crippen LogP) is 3.92. The van der Waals surface area contributed by atoms with Gasteiger partial charge in [0.1, 0.15) is 12.0 Å². The van der Waals surface area contributed by atoms with Crippen LogP contribution < -0.4 is 9.64 Å². The van der Waals surface area contributed by atoms with Gasteiger partial charge in [-0.25, -0.2) is 0 Å². The van der Waals surface area contributed by atoms with Gasteiger partial charge >= 0.3 is 6.18 Å². The molecule has 2 fully saturated rings.